The monoisotopic (exact) mass is 710 g/mol. The van der Waals surface area contributed by atoms with E-state index < -0.39 is 5.92 Å². The number of allylic oxidation sites excluding steroid dienone is 4. The van der Waals surface area contributed by atoms with Gasteiger partial charge in [-0.1, -0.05) is 39.8 Å². The first kappa shape index (κ1) is 31.7. The van der Waals surface area contributed by atoms with Crippen LogP contribution in [0.3, 0.4) is 0 Å². The van der Waals surface area contributed by atoms with Crippen LogP contribution in [0.15, 0.2) is 61.8 Å². The van der Waals surface area contributed by atoms with Crippen molar-refractivity contribution < 1.29 is 19.1 Å². The van der Waals surface area contributed by atoms with Gasteiger partial charge in [-0.05, 0) is 111 Å². The van der Waals surface area contributed by atoms with Crippen molar-refractivity contribution in [2.24, 2.45) is 10.8 Å². The number of carbonyl (C=O) groups excluding carboxylic acids is 3. The summed E-state index contributed by atoms with van der Waals surface area (Å²) in [4.78, 5) is 42.8. The molecule has 2 aliphatic carbocycles. The van der Waals surface area contributed by atoms with Crippen LogP contribution in [0.2, 0.25) is 0 Å². The lowest BCUT2D eigenvalue weighted by molar-refractivity contribution is -0.120. The van der Waals surface area contributed by atoms with E-state index in [9.17, 15) is 14.4 Å². The third kappa shape index (κ3) is 6.15. The lowest BCUT2D eigenvalue weighted by atomic mass is 9.63. The predicted octanol–water partition coefficient (Wildman–Crippen LogP) is 8.55. The van der Waals surface area contributed by atoms with E-state index in [0.29, 0.717) is 34.1 Å². The normalized spacial score (nSPS) is 19.8. The Labute approximate surface area is 271 Å². The molecule has 1 N–H and O–H groups in total. The molecule has 0 spiro atoms. The number of ether oxygens (including phenoxy) is 1. The van der Waals surface area contributed by atoms with Gasteiger partial charge in [0.1, 0.15) is 5.75 Å². The van der Waals surface area contributed by atoms with Crippen LogP contribution >= 0.6 is 31.9 Å². The first-order chi connectivity index (χ1) is 20.1. The lowest BCUT2D eigenvalue weighted by Crippen LogP contribution is -2.44. The molecule has 3 aliphatic rings. The lowest BCUT2D eigenvalue weighted by Gasteiger charge is -2.49. The number of nitrogens with one attached hydrogen (secondary N) is 1. The molecule has 0 saturated carbocycles. The molecule has 228 valence electrons. The maximum absolute atomic E-state index is 13.9. The van der Waals surface area contributed by atoms with E-state index in [1.807, 2.05) is 44.2 Å². The summed E-state index contributed by atoms with van der Waals surface area (Å²) in [5.41, 5.74) is 7.00. The van der Waals surface area contributed by atoms with E-state index in [1.165, 1.54) is 0 Å². The number of Topliss-reactive ketones (excluding diaryl/α,β-unsaturated/α-hetero) is 2. The Morgan fingerprint density at radius 2 is 1.47 bits per heavy atom. The second-order valence-corrected chi connectivity index (χ2v) is 15.4. The second-order valence-electron chi connectivity index (χ2n) is 13.7. The van der Waals surface area contributed by atoms with Crippen molar-refractivity contribution in [1.29, 1.82) is 0 Å². The quantitative estimate of drug-likeness (QED) is 0.325. The number of benzene rings is 2. The number of nitrogens with zero attached hydrogens (tertiary/aromatic N) is 1. The summed E-state index contributed by atoms with van der Waals surface area (Å²) < 4.78 is 7.28. The molecule has 0 saturated heterocycles. The third-order valence-electron chi connectivity index (χ3n) is 8.92. The molecular weight excluding hydrogens is 672 g/mol. The van der Waals surface area contributed by atoms with E-state index >= 15 is 0 Å². The third-order valence-corrected chi connectivity index (χ3v) is 10.1. The number of aryl methyl sites for hydroxylation is 1. The van der Waals surface area contributed by atoms with E-state index in [4.69, 9.17) is 4.74 Å². The number of amides is 1. The molecule has 8 heteroatoms. The summed E-state index contributed by atoms with van der Waals surface area (Å²) in [6.07, 6.45) is 2.45. The highest BCUT2D eigenvalue weighted by molar-refractivity contribution is 9.11. The second kappa shape index (κ2) is 11.7. The van der Waals surface area contributed by atoms with Gasteiger partial charge in [0.2, 0.25) is 0 Å². The molecule has 0 fully saturated rings. The smallest absolute Gasteiger partial charge is 0.262 e. The van der Waals surface area contributed by atoms with Crippen molar-refractivity contribution in [2.75, 3.05) is 18.5 Å². The summed E-state index contributed by atoms with van der Waals surface area (Å²) in [5, 5.41) is 2.93. The van der Waals surface area contributed by atoms with Crippen LogP contribution in [0.1, 0.15) is 82.9 Å². The van der Waals surface area contributed by atoms with Crippen molar-refractivity contribution >= 4 is 55.0 Å². The maximum Gasteiger partial charge on any atom is 0.262 e. The zero-order chi connectivity index (χ0) is 31.4. The van der Waals surface area contributed by atoms with E-state index in [0.717, 1.165) is 57.8 Å². The predicted molar refractivity (Wildman–Crippen MR) is 177 cm³/mol. The summed E-state index contributed by atoms with van der Waals surface area (Å²) in [6, 6.07) is 9.66. The van der Waals surface area contributed by atoms with Crippen molar-refractivity contribution in [3.05, 3.63) is 78.5 Å². The summed E-state index contributed by atoms with van der Waals surface area (Å²) in [6.45, 7) is 15.2. The molecule has 6 nitrogen and oxygen atoms in total. The van der Waals surface area contributed by atoms with Crippen LogP contribution in [-0.2, 0) is 14.4 Å². The molecule has 0 unspecified atom stereocenters. The molecule has 2 aromatic carbocycles. The molecule has 1 heterocycles. The molecule has 0 radical (unpaired) electrons. The Morgan fingerprint density at radius 1 is 0.930 bits per heavy atom. The minimum absolute atomic E-state index is 0.106. The van der Waals surface area contributed by atoms with Crippen molar-refractivity contribution in [1.82, 2.24) is 4.90 Å². The summed E-state index contributed by atoms with van der Waals surface area (Å²) >= 11 is 7.34. The summed E-state index contributed by atoms with van der Waals surface area (Å²) in [7, 11) is 0. The minimum Gasteiger partial charge on any atom is -0.481 e. The van der Waals surface area contributed by atoms with Gasteiger partial charge in [0.15, 0.2) is 18.2 Å². The number of anilines is 1. The van der Waals surface area contributed by atoms with Gasteiger partial charge in [0, 0.05) is 53.5 Å². The molecule has 0 bridgehead atoms. The molecule has 0 aromatic heterocycles. The molecule has 2 aromatic rings. The number of hydrogen-bond donors (Lipinski definition) is 1. The van der Waals surface area contributed by atoms with Gasteiger partial charge >= 0.3 is 0 Å². The molecule has 43 heavy (non-hydrogen) atoms. The number of rotatable bonds is 6. The number of carbonyl (C=O) groups is 3. The van der Waals surface area contributed by atoms with E-state index in [-0.39, 0.29) is 34.9 Å². The molecule has 5 rings (SSSR count). The highest BCUT2D eigenvalue weighted by Crippen LogP contribution is 2.55. The minimum atomic E-state index is -0.450. The fraction of sp³-hybridized carbons (Fsp3) is 0.457. The average Bonchev–Trinajstić information content (AvgIpc) is 2.88. The van der Waals surface area contributed by atoms with Gasteiger partial charge in [-0.15, -0.1) is 0 Å². The van der Waals surface area contributed by atoms with Crippen LogP contribution in [0.5, 0.6) is 5.75 Å². The zero-order valence-corrected chi connectivity index (χ0v) is 29.2. The topological polar surface area (TPSA) is 75.7 Å². The van der Waals surface area contributed by atoms with Gasteiger partial charge in [0.25, 0.3) is 5.91 Å². The number of ketones is 2. The van der Waals surface area contributed by atoms with Crippen molar-refractivity contribution in [2.45, 2.75) is 80.1 Å². The van der Waals surface area contributed by atoms with E-state index in [2.05, 4.69) is 76.7 Å². The Balaban J connectivity index is 1.52. The fourth-order valence-corrected chi connectivity index (χ4v) is 8.31. The molecule has 1 aliphatic heterocycles. The Hall–Kier alpha value is -2.71. The van der Waals surface area contributed by atoms with Crippen molar-refractivity contribution in [3.8, 4) is 5.75 Å². The maximum atomic E-state index is 13.9. The van der Waals surface area contributed by atoms with Gasteiger partial charge in [0.05, 0.1) is 8.95 Å². The number of halogens is 2. The van der Waals surface area contributed by atoms with Crippen LogP contribution < -0.4 is 10.1 Å². The average molecular weight is 713 g/mol. The Kier molecular flexibility index (Phi) is 8.60. The van der Waals surface area contributed by atoms with Gasteiger partial charge in [-0.25, -0.2) is 0 Å². The van der Waals surface area contributed by atoms with Crippen LogP contribution in [0.4, 0.5) is 5.69 Å². The molecular formula is C35H40Br2N2O4. The zero-order valence-electron chi connectivity index (χ0n) is 26.0. The largest absolute Gasteiger partial charge is 0.481 e. The first-order valence-corrected chi connectivity index (χ1v) is 16.5. The van der Waals surface area contributed by atoms with E-state index in [1.54, 1.807) is 0 Å². The van der Waals surface area contributed by atoms with Gasteiger partial charge in [-0.3, -0.25) is 14.4 Å². The van der Waals surface area contributed by atoms with Crippen LogP contribution in [0.25, 0.3) is 0 Å². The SMILES string of the molecule is CCN1C2=C(C(=O)CC(C)(C)C2)C(c2cc(Br)c(OCC(=O)Nc3cccc(C)c3C)c(Br)c2)C2=C1CC(C)(C)CC2=O. The molecule has 1 amide bonds. The highest BCUT2D eigenvalue weighted by Gasteiger charge is 2.48. The molecule has 0 atom stereocenters. The Morgan fingerprint density at radius 3 is 1.98 bits per heavy atom. The Bertz CT molecular complexity index is 1520. The van der Waals surface area contributed by atoms with Crippen LogP contribution in [-0.4, -0.2) is 35.5 Å². The summed E-state index contributed by atoms with van der Waals surface area (Å²) in [5.74, 6) is -0.0150. The van der Waals surface area contributed by atoms with Crippen molar-refractivity contribution in [3.63, 3.8) is 0 Å². The first-order valence-electron chi connectivity index (χ1n) is 14.9. The standard InChI is InChI=1S/C35H40Br2N2O4/c1-8-39-25-14-34(4,5)16-27(40)31(25)30(32-26(39)15-35(6,7)17-28(32)41)21-12-22(36)33(23(37)13-21)43-18-29(42)38-24-11-9-10-19(2)20(24)3/h9-13,30H,8,14-18H2,1-7H3,(H,38,42). The van der Waals surface area contributed by atoms with Crippen LogP contribution in [0, 0.1) is 24.7 Å². The van der Waals surface area contributed by atoms with Gasteiger partial charge < -0.3 is 15.0 Å². The highest BCUT2D eigenvalue weighted by atomic mass is 79.9. The fourth-order valence-electron chi connectivity index (χ4n) is 6.86. The number of hydrogen-bond acceptors (Lipinski definition) is 5. The van der Waals surface area contributed by atoms with Gasteiger partial charge in [-0.2, -0.15) is 0 Å².